The van der Waals surface area contributed by atoms with Gasteiger partial charge in [-0.1, -0.05) is 0 Å². The number of hydrogen-bond acceptors (Lipinski definition) is 5. The maximum atomic E-state index is 9.72. The van der Waals surface area contributed by atoms with Gasteiger partial charge < -0.3 is 25.2 Å². The average molecular weight is 325 g/mol. The van der Waals surface area contributed by atoms with Crippen molar-refractivity contribution in [3.63, 3.8) is 0 Å². The van der Waals surface area contributed by atoms with Crippen LogP contribution in [0.15, 0.2) is 18.2 Å². The lowest BCUT2D eigenvalue weighted by Crippen LogP contribution is -2.38. The van der Waals surface area contributed by atoms with E-state index in [9.17, 15) is 5.11 Å². The molecule has 0 spiro atoms. The Kier molecular flexibility index (Phi) is 6.70. The normalized spacial score (nSPS) is 15.3. The van der Waals surface area contributed by atoms with Gasteiger partial charge in [-0.25, -0.2) is 0 Å². The lowest BCUT2D eigenvalue weighted by Gasteiger charge is -2.26. The second-order valence-electron chi connectivity index (χ2n) is 5.08. The summed E-state index contributed by atoms with van der Waals surface area (Å²) in [5.41, 5.74) is 0.726. The molecule has 0 saturated carbocycles. The standard InChI is InChI=1S/C15H23N3O3S/c1-20-14-4-3-12(11-13(14)19)17-15(22)16-5-2-6-18-7-9-21-10-8-18/h3-4,11,19H,2,5-10H2,1H3,(H2,16,17,22). The van der Waals surface area contributed by atoms with Crippen LogP contribution in [0.3, 0.4) is 0 Å². The molecule has 1 saturated heterocycles. The molecule has 0 aliphatic carbocycles. The lowest BCUT2D eigenvalue weighted by atomic mass is 10.3. The molecule has 6 nitrogen and oxygen atoms in total. The van der Waals surface area contributed by atoms with Crippen LogP contribution in [-0.4, -0.2) is 61.6 Å². The van der Waals surface area contributed by atoms with Crippen LogP contribution in [0.5, 0.6) is 11.5 Å². The van der Waals surface area contributed by atoms with Gasteiger partial charge in [0, 0.05) is 31.4 Å². The molecule has 7 heteroatoms. The van der Waals surface area contributed by atoms with E-state index in [0.717, 1.165) is 51.5 Å². The Balaban J connectivity index is 1.66. The van der Waals surface area contributed by atoms with Gasteiger partial charge in [-0.3, -0.25) is 4.90 Å². The number of thiocarbonyl (C=S) groups is 1. The number of morpholine rings is 1. The second kappa shape index (κ2) is 8.77. The summed E-state index contributed by atoms with van der Waals surface area (Å²) in [6.07, 6.45) is 1.02. The summed E-state index contributed by atoms with van der Waals surface area (Å²) in [7, 11) is 1.52. The fraction of sp³-hybridized carbons (Fsp3) is 0.533. The molecule has 1 aromatic rings. The molecule has 3 N–H and O–H groups in total. The van der Waals surface area contributed by atoms with Crippen molar-refractivity contribution < 1.29 is 14.6 Å². The summed E-state index contributed by atoms with van der Waals surface area (Å²) in [6, 6.07) is 5.08. The minimum Gasteiger partial charge on any atom is -0.504 e. The smallest absolute Gasteiger partial charge is 0.170 e. The van der Waals surface area contributed by atoms with Gasteiger partial charge >= 0.3 is 0 Å². The third-order valence-electron chi connectivity index (χ3n) is 3.48. The van der Waals surface area contributed by atoms with Crippen molar-refractivity contribution in [2.24, 2.45) is 0 Å². The SMILES string of the molecule is COc1ccc(NC(=S)NCCCN2CCOCC2)cc1O. The summed E-state index contributed by atoms with van der Waals surface area (Å²) >= 11 is 5.24. The van der Waals surface area contributed by atoms with Crippen molar-refractivity contribution >= 4 is 23.0 Å². The molecular formula is C15H23N3O3S. The quantitative estimate of drug-likeness (QED) is 0.540. The number of phenolic OH excluding ortho intramolecular Hbond substituents is 1. The van der Waals surface area contributed by atoms with Gasteiger partial charge in [0.25, 0.3) is 0 Å². The Morgan fingerprint density at radius 3 is 2.86 bits per heavy atom. The molecule has 0 amide bonds. The van der Waals surface area contributed by atoms with E-state index >= 15 is 0 Å². The third-order valence-corrected chi connectivity index (χ3v) is 3.72. The van der Waals surface area contributed by atoms with Crippen LogP contribution in [0.2, 0.25) is 0 Å². The molecule has 0 radical (unpaired) electrons. The zero-order valence-corrected chi connectivity index (χ0v) is 13.6. The molecule has 1 aromatic carbocycles. The van der Waals surface area contributed by atoms with Gasteiger partial charge in [-0.2, -0.15) is 0 Å². The van der Waals surface area contributed by atoms with Crippen LogP contribution < -0.4 is 15.4 Å². The lowest BCUT2D eigenvalue weighted by molar-refractivity contribution is 0.0376. The van der Waals surface area contributed by atoms with Gasteiger partial charge in [-0.15, -0.1) is 0 Å². The van der Waals surface area contributed by atoms with Crippen LogP contribution in [0.25, 0.3) is 0 Å². The van der Waals surface area contributed by atoms with E-state index in [1.807, 2.05) is 0 Å². The molecule has 0 atom stereocenters. The van der Waals surface area contributed by atoms with E-state index in [1.54, 1.807) is 18.2 Å². The van der Waals surface area contributed by atoms with Crippen molar-refractivity contribution in [1.82, 2.24) is 10.2 Å². The number of ether oxygens (including phenoxy) is 2. The Bertz CT molecular complexity index is 493. The minimum absolute atomic E-state index is 0.0858. The zero-order chi connectivity index (χ0) is 15.8. The number of rotatable bonds is 6. The number of methoxy groups -OCH3 is 1. The van der Waals surface area contributed by atoms with Crippen LogP contribution in [-0.2, 0) is 4.74 Å². The Morgan fingerprint density at radius 1 is 1.41 bits per heavy atom. The van der Waals surface area contributed by atoms with Gasteiger partial charge in [0.2, 0.25) is 0 Å². The summed E-state index contributed by atoms with van der Waals surface area (Å²) in [6.45, 7) is 5.53. The molecule has 0 unspecified atom stereocenters. The maximum Gasteiger partial charge on any atom is 0.170 e. The summed E-state index contributed by atoms with van der Waals surface area (Å²) < 4.78 is 10.3. The highest BCUT2D eigenvalue weighted by Gasteiger charge is 2.09. The summed E-state index contributed by atoms with van der Waals surface area (Å²) in [5.74, 6) is 0.526. The van der Waals surface area contributed by atoms with Crippen LogP contribution in [0.1, 0.15) is 6.42 Å². The first-order valence-corrected chi connectivity index (χ1v) is 7.82. The molecule has 22 heavy (non-hydrogen) atoms. The Morgan fingerprint density at radius 2 is 2.18 bits per heavy atom. The molecule has 0 aromatic heterocycles. The fourth-order valence-corrected chi connectivity index (χ4v) is 2.49. The number of aromatic hydroxyl groups is 1. The van der Waals surface area contributed by atoms with Crippen molar-refractivity contribution in [1.29, 1.82) is 0 Å². The van der Waals surface area contributed by atoms with Gasteiger partial charge in [0.15, 0.2) is 16.6 Å². The van der Waals surface area contributed by atoms with Crippen molar-refractivity contribution in [2.75, 3.05) is 51.8 Å². The van der Waals surface area contributed by atoms with Crippen molar-refractivity contribution in [2.45, 2.75) is 6.42 Å². The van der Waals surface area contributed by atoms with Crippen molar-refractivity contribution in [3.05, 3.63) is 18.2 Å². The first-order chi connectivity index (χ1) is 10.7. The maximum absolute atomic E-state index is 9.72. The summed E-state index contributed by atoms with van der Waals surface area (Å²) in [5, 5.41) is 16.5. The molecule has 1 fully saturated rings. The van der Waals surface area contributed by atoms with Gasteiger partial charge in [0.1, 0.15) is 0 Å². The Hall–Kier alpha value is -1.57. The number of hydrogen-bond donors (Lipinski definition) is 3. The van der Waals surface area contributed by atoms with E-state index < -0.39 is 0 Å². The first-order valence-electron chi connectivity index (χ1n) is 7.41. The number of anilines is 1. The predicted molar refractivity (Wildman–Crippen MR) is 90.8 cm³/mol. The van der Waals surface area contributed by atoms with E-state index in [4.69, 9.17) is 21.7 Å². The molecule has 1 aliphatic heterocycles. The molecule has 1 aliphatic rings. The molecular weight excluding hydrogens is 302 g/mol. The molecule has 1 heterocycles. The fourth-order valence-electron chi connectivity index (χ4n) is 2.27. The van der Waals surface area contributed by atoms with Crippen LogP contribution in [0.4, 0.5) is 5.69 Å². The van der Waals surface area contributed by atoms with Gasteiger partial charge in [-0.05, 0) is 37.3 Å². The highest BCUT2D eigenvalue weighted by Crippen LogP contribution is 2.28. The number of nitrogens with one attached hydrogen (secondary N) is 2. The second-order valence-corrected chi connectivity index (χ2v) is 5.48. The zero-order valence-electron chi connectivity index (χ0n) is 12.8. The molecule has 2 rings (SSSR count). The number of phenols is 1. The topological polar surface area (TPSA) is 66.0 Å². The van der Waals surface area contributed by atoms with E-state index in [1.165, 1.54) is 7.11 Å². The highest BCUT2D eigenvalue weighted by molar-refractivity contribution is 7.80. The first kappa shape index (κ1) is 16.8. The molecule has 0 bridgehead atoms. The third kappa shape index (κ3) is 5.32. The summed E-state index contributed by atoms with van der Waals surface area (Å²) in [4.78, 5) is 2.39. The van der Waals surface area contributed by atoms with E-state index in [0.29, 0.717) is 10.9 Å². The number of benzene rings is 1. The van der Waals surface area contributed by atoms with Crippen LogP contribution >= 0.6 is 12.2 Å². The Labute approximate surface area is 136 Å². The minimum atomic E-state index is 0.0858. The largest absolute Gasteiger partial charge is 0.504 e. The van der Waals surface area contributed by atoms with E-state index in [-0.39, 0.29) is 5.75 Å². The molecule has 122 valence electrons. The van der Waals surface area contributed by atoms with E-state index in [2.05, 4.69) is 15.5 Å². The monoisotopic (exact) mass is 325 g/mol. The predicted octanol–water partition coefficient (Wildman–Crippen LogP) is 1.41. The highest BCUT2D eigenvalue weighted by atomic mass is 32.1. The van der Waals surface area contributed by atoms with Gasteiger partial charge in [0.05, 0.1) is 20.3 Å². The average Bonchev–Trinajstić information content (AvgIpc) is 2.53. The number of nitrogens with zero attached hydrogens (tertiary/aromatic N) is 1. The van der Waals surface area contributed by atoms with Crippen LogP contribution in [0, 0.1) is 0 Å². The van der Waals surface area contributed by atoms with Crippen molar-refractivity contribution in [3.8, 4) is 11.5 Å².